The molecule has 0 bridgehead atoms. The lowest BCUT2D eigenvalue weighted by molar-refractivity contribution is 0.235. The number of para-hydroxylation sites is 2. The van der Waals surface area contributed by atoms with Crippen molar-refractivity contribution < 1.29 is 13.8 Å². The van der Waals surface area contributed by atoms with Crippen LogP contribution in [-0.2, 0) is 0 Å². The van der Waals surface area contributed by atoms with E-state index >= 15 is 0 Å². The van der Waals surface area contributed by atoms with Crippen LogP contribution in [0, 0.1) is 13.8 Å². The second kappa shape index (κ2) is 7.25. The van der Waals surface area contributed by atoms with Gasteiger partial charge in [-0.1, -0.05) is 29.0 Å². The molecule has 3 N–H and O–H groups in total. The summed E-state index contributed by atoms with van der Waals surface area (Å²) in [5.41, 5.74) is 2.99. The van der Waals surface area contributed by atoms with Crippen LogP contribution in [0.1, 0.15) is 24.0 Å². The van der Waals surface area contributed by atoms with Gasteiger partial charge in [0.2, 0.25) is 5.44 Å². The van der Waals surface area contributed by atoms with E-state index in [2.05, 4.69) is 11.4 Å². The predicted molar refractivity (Wildman–Crippen MR) is 105 cm³/mol. The van der Waals surface area contributed by atoms with Crippen molar-refractivity contribution in [2.75, 3.05) is 17.9 Å². The predicted octanol–water partition coefficient (Wildman–Crippen LogP) is 4.83. The zero-order valence-corrected chi connectivity index (χ0v) is 15.7. The van der Waals surface area contributed by atoms with Gasteiger partial charge in [-0.3, -0.25) is 9.11 Å². The number of anilines is 2. The van der Waals surface area contributed by atoms with Crippen LogP contribution in [0.25, 0.3) is 0 Å². The maximum absolute atomic E-state index is 11.1. The van der Waals surface area contributed by atoms with Crippen LogP contribution in [0.3, 0.4) is 0 Å². The highest BCUT2D eigenvalue weighted by atomic mass is 32.3. The fourth-order valence-corrected chi connectivity index (χ4v) is 5.02. The molecule has 0 saturated carbocycles. The summed E-state index contributed by atoms with van der Waals surface area (Å²) >= 11 is 0. The Kier molecular flexibility index (Phi) is 5.24. The molecular weight excluding hydrogens is 336 g/mol. The van der Waals surface area contributed by atoms with E-state index in [4.69, 9.17) is 4.74 Å². The molecule has 1 unspecified atom stereocenters. The standard InChI is InChI=1S/C19H26N2O3S/c1-14-11-15(2)13-16(12-14)21-17-7-4-5-8-18(17)24-19(25(21,22)23)9-6-10-20-3/h4-5,7-8,11-13,19-20,22-23H,6,9-10H2,1-3H3. The third-order valence-electron chi connectivity index (χ3n) is 4.27. The zero-order chi connectivity index (χ0) is 18.0. The quantitative estimate of drug-likeness (QED) is 0.665. The first-order valence-corrected chi connectivity index (χ1v) is 10.1. The van der Waals surface area contributed by atoms with E-state index in [1.165, 1.54) is 0 Å². The molecule has 0 aliphatic carbocycles. The molecule has 0 saturated heterocycles. The lowest BCUT2D eigenvalue weighted by Gasteiger charge is -2.52. The van der Waals surface area contributed by atoms with Gasteiger partial charge in [-0.25, -0.2) is 4.31 Å². The number of nitrogens with zero attached hydrogens (tertiary/aromatic N) is 1. The normalized spacial score (nSPS) is 19.9. The zero-order valence-electron chi connectivity index (χ0n) is 14.9. The van der Waals surface area contributed by atoms with Crippen molar-refractivity contribution in [2.45, 2.75) is 32.1 Å². The maximum atomic E-state index is 11.1. The topological polar surface area (TPSA) is 65.0 Å². The minimum Gasteiger partial charge on any atom is -0.467 e. The van der Waals surface area contributed by atoms with E-state index in [9.17, 15) is 9.11 Å². The molecule has 5 nitrogen and oxygen atoms in total. The van der Waals surface area contributed by atoms with Crippen LogP contribution in [0.4, 0.5) is 11.4 Å². The molecule has 6 heteroatoms. The Morgan fingerprint density at radius 1 is 1.12 bits per heavy atom. The van der Waals surface area contributed by atoms with E-state index in [0.29, 0.717) is 17.9 Å². The Morgan fingerprint density at radius 3 is 2.48 bits per heavy atom. The van der Waals surface area contributed by atoms with Gasteiger partial charge in [-0.2, -0.15) is 0 Å². The number of nitrogens with one attached hydrogen (secondary N) is 1. The lowest BCUT2D eigenvalue weighted by Crippen LogP contribution is -2.39. The summed E-state index contributed by atoms with van der Waals surface area (Å²) in [6.45, 7) is 4.83. The van der Waals surface area contributed by atoms with Crippen molar-refractivity contribution in [1.82, 2.24) is 5.32 Å². The third-order valence-corrected chi connectivity index (χ3v) is 6.25. The summed E-state index contributed by atoms with van der Waals surface area (Å²) in [5.74, 6) is 0.683. The van der Waals surface area contributed by atoms with Crippen molar-refractivity contribution in [3.8, 4) is 5.75 Å². The Bertz CT molecular complexity index is 731. The summed E-state index contributed by atoms with van der Waals surface area (Å²) in [5, 5.41) is 3.09. The van der Waals surface area contributed by atoms with Crippen LogP contribution in [0.5, 0.6) is 5.75 Å². The van der Waals surface area contributed by atoms with Crippen molar-refractivity contribution in [1.29, 1.82) is 0 Å². The van der Waals surface area contributed by atoms with Crippen molar-refractivity contribution in [3.63, 3.8) is 0 Å². The monoisotopic (exact) mass is 362 g/mol. The minimum absolute atomic E-state index is 0.568. The first-order valence-electron chi connectivity index (χ1n) is 8.49. The third kappa shape index (κ3) is 3.62. The average Bonchev–Trinajstić information content (AvgIpc) is 2.54. The molecule has 1 aliphatic heterocycles. The van der Waals surface area contributed by atoms with Crippen LogP contribution in [0.2, 0.25) is 0 Å². The van der Waals surface area contributed by atoms with Gasteiger partial charge in [-0.05, 0) is 69.3 Å². The van der Waals surface area contributed by atoms with Gasteiger partial charge in [0, 0.05) is 6.42 Å². The molecular formula is C19H26N2O3S. The summed E-state index contributed by atoms with van der Waals surface area (Å²) in [6, 6.07) is 13.6. The highest BCUT2D eigenvalue weighted by Gasteiger charge is 2.41. The summed E-state index contributed by atoms with van der Waals surface area (Å²) in [7, 11) is -1.28. The van der Waals surface area contributed by atoms with E-state index in [-0.39, 0.29) is 0 Å². The van der Waals surface area contributed by atoms with Gasteiger partial charge in [-0.15, -0.1) is 0 Å². The van der Waals surface area contributed by atoms with Crippen LogP contribution >= 0.6 is 10.8 Å². The first-order chi connectivity index (χ1) is 11.9. The lowest BCUT2D eigenvalue weighted by atomic mass is 10.1. The van der Waals surface area contributed by atoms with Gasteiger partial charge in [0.15, 0.2) is 0 Å². The molecule has 0 aromatic heterocycles. The molecule has 0 fully saturated rings. The summed E-state index contributed by atoms with van der Waals surface area (Å²) < 4.78 is 29.8. The number of benzene rings is 2. The van der Waals surface area contributed by atoms with Crippen LogP contribution in [0.15, 0.2) is 42.5 Å². The maximum Gasteiger partial charge on any atom is 0.206 e. The molecule has 136 valence electrons. The van der Waals surface area contributed by atoms with E-state index < -0.39 is 16.2 Å². The van der Waals surface area contributed by atoms with Gasteiger partial charge >= 0.3 is 0 Å². The SMILES string of the molecule is CNCCCC1Oc2ccccc2N(c2cc(C)cc(C)c2)S1(O)O. The van der Waals surface area contributed by atoms with Gasteiger partial charge in [0.1, 0.15) is 11.4 Å². The second-order valence-electron chi connectivity index (χ2n) is 6.46. The Balaban J connectivity index is 2.06. The van der Waals surface area contributed by atoms with Gasteiger partial charge < -0.3 is 10.1 Å². The molecule has 0 spiro atoms. The second-order valence-corrected chi connectivity index (χ2v) is 8.48. The Morgan fingerprint density at radius 2 is 1.80 bits per heavy atom. The van der Waals surface area contributed by atoms with Gasteiger partial charge in [0.05, 0.1) is 5.69 Å². The highest BCUT2D eigenvalue weighted by Crippen LogP contribution is 2.61. The number of hydrogen-bond donors (Lipinski definition) is 3. The number of rotatable bonds is 5. The Labute approximate surface area is 151 Å². The minimum atomic E-state index is -3.16. The molecule has 0 radical (unpaired) electrons. The largest absolute Gasteiger partial charge is 0.467 e. The molecule has 2 aromatic carbocycles. The fraction of sp³-hybridized carbons (Fsp3) is 0.368. The number of aryl methyl sites for hydroxylation is 2. The summed E-state index contributed by atoms with van der Waals surface area (Å²) in [4.78, 5) is 0. The number of fused-ring (bicyclic) bond motifs is 1. The highest BCUT2D eigenvalue weighted by molar-refractivity contribution is 8.26. The van der Waals surface area contributed by atoms with Crippen molar-refractivity contribution >= 4 is 22.2 Å². The van der Waals surface area contributed by atoms with Crippen molar-refractivity contribution in [3.05, 3.63) is 53.6 Å². The molecule has 1 aliphatic rings. The number of hydrogen-bond acceptors (Lipinski definition) is 5. The molecule has 1 heterocycles. The molecule has 2 aromatic rings. The smallest absolute Gasteiger partial charge is 0.206 e. The molecule has 0 amide bonds. The average molecular weight is 362 g/mol. The number of ether oxygens (including phenoxy) is 1. The first kappa shape index (κ1) is 18.1. The van der Waals surface area contributed by atoms with Crippen LogP contribution in [-0.4, -0.2) is 28.1 Å². The molecule has 3 rings (SSSR count). The molecule has 25 heavy (non-hydrogen) atoms. The Hall–Kier alpha value is -1.73. The van der Waals surface area contributed by atoms with Crippen LogP contribution < -0.4 is 14.4 Å². The van der Waals surface area contributed by atoms with Crippen molar-refractivity contribution in [2.24, 2.45) is 0 Å². The van der Waals surface area contributed by atoms with E-state index in [1.54, 1.807) is 4.31 Å². The van der Waals surface area contributed by atoms with E-state index in [1.807, 2.05) is 57.3 Å². The summed E-state index contributed by atoms with van der Waals surface area (Å²) in [6.07, 6.45) is 1.37. The van der Waals surface area contributed by atoms with E-state index in [0.717, 1.165) is 29.8 Å². The molecule has 1 atom stereocenters. The fourth-order valence-electron chi connectivity index (χ4n) is 3.22. The van der Waals surface area contributed by atoms with Gasteiger partial charge in [0.25, 0.3) is 0 Å².